The summed E-state index contributed by atoms with van der Waals surface area (Å²) in [4.78, 5) is 37.9. The summed E-state index contributed by atoms with van der Waals surface area (Å²) >= 11 is 0. The summed E-state index contributed by atoms with van der Waals surface area (Å²) in [5, 5.41) is 0. The summed E-state index contributed by atoms with van der Waals surface area (Å²) in [5.74, 6) is -0.928. The third-order valence-corrected chi connectivity index (χ3v) is 15.5. The molecule has 0 heterocycles. The Morgan fingerprint density at radius 1 is 0.369 bits per heavy atom. The highest BCUT2D eigenvalue weighted by atomic mass is 31.2. The van der Waals surface area contributed by atoms with E-state index in [2.05, 4.69) is 123 Å². The number of hydrogen-bond acceptors (Lipinski definition) is 8. The molecule has 10 heteroatoms. The molecule has 0 N–H and O–H groups in total. The molecule has 9 nitrogen and oxygen atoms in total. The Hall–Kier alpha value is -3.59. The summed E-state index contributed by atoms with van der Waals surface area (Å²) in [6.07, 6.45) is 91.8. The van der Waals surface area contributed by atoms with Gasteiger partial charge in [0.2, 0.25) is 0 Å². The van der Waals surface area contributed by atoms with Crippen LogP contribution in [0.3, 0.4) is 0 Å². The van der Waals surface area contributed by atoms with E-state index in [9.17, 15) is 19.0 Å². The van der Waals surface area contributed by atoms with Crippen molar-refractivity contribution < 1.29 is 42.1 Å². The zero-order valence-corrected chi connectivity index (χ0v) is 55.7. The molecule has 0 aromatic carbocycles. The number of likely N-dealkylation sites (N-methyl/N-ethyl adjacent to an activating group) is 1. The minimum atomic E-state index is -4.66. The topological polar surface area (TPSA) is 111 Å². The lowest BCUT2D eigenvalue weighted by Crippen LogP contribution is -2.37. The number of phosphoric ester groups is 1. The lowest BCUT2D eigenvalue weighted by molar-refractivity contribution is -0.870. The van der Waals surface area contributed by atoms with E-state index in [4.69, 9.17) is 18.5 Å². The first-order valence-corrected chi connectivity index (χ1v) is 35.7. The van der Waals surface area contributed by atoms with Crippen LogP contribution in [0.15, 0.2) is 122 Å². The molecule has 0 fully saturated rings. The van der Waals surface area contributed by atoms with Gasteiger partial charge in [-0.25, -0.2) is 0 Å². The van der Waals surface area contributed by atoms with Crippen LogP contribution in [0.4, 0.5) is 0 Å². The minimum Gasteiger partial charge on any atom is -0.756 e. The average Bonchev–Trinajstić information content (AvgIpc) is 3.61. The number of rotatable bonds is 62. The fourth-order valence-electron chi connectivity index (χ4n) is 9.32. The zero-order chi connectivity index (χ0) is 61.2. The molecule has 0 rings (SSSR count). The lowest BCUT2D eigenvalue weighted by atomic mass is 10.0. The first-order chi connectivity index (χ1) is 41.0. The highest BCUT2D eigenvalue weighted by Gasteiger charge is 2.21. The number of carbonyl (C=O) groups excluding carboxylic acids is 2. The first-order valence-electron chi connectivity index (χ1n) is 34.2. The van der Waals surface area contributed by atoms with E-state index < -0.39 is 32.5 Å². The number of phosphoric acid groups is 1. The van der Waals surface area contributed by atoms with Crippen LogP contribution >= 0.6 is 7.82 Å². The van der Waals surface area contributed by atoms with Crippen molar-refractivity contribution in [1.82, 2.24) is 0 Å². The van der Waals surface area contributed by atoms with Gasteiger partial charge in [-0.15, -0.1) is 0 Å². The van der Waals surface area contributed by atoms with E-state index in [1.54, 1.807) is 0 Å². The molecule has 84 heavy (non-hydrogen) atoms. The molecule has 2 unspecified atom stereocenters. The Bertz CT molecular complexity index is 1830. The molecule has 0 aliphatic rings. The predicted octanol–water partition coefficient (Wildman–Crippen LogP) is 21.6. The molecule has 0 spiro atoms. The lowest BCUT2D eigenvalue weighted by Gasteiger charge is -2.28. The van der Waals surface area contributed by atoms with Gasteiger partial charge in [-0.05, 0) is 89.9 Å². The van der Waals surface area contributed by atoms with Gasteiger partial charge in [0.1, 0.15) is 19.8 Å². The van der Waals surface area contributed by atoms with Crippen LogP contribution in [0, 0.1) is 0 Å². The summed E-state index contributed by atoms with van der Waals surface area (Å²) in [6.45, 7) is 3.94. The molecular weight excluding hydrogens is 1060 g/mol. The molecule has 0 aliphatic carbocycles. The Morgan fingerprint density at radius 2 is 0.667 bits per heavy atom. The smallest absolute Gasteiger partial charge is 0.306 e. The summed E-state index contributed by atoms with van der Waals surface area (Å²) < 4.78 is 34.1. The number of ether oxygens (including phenoxy) is 2. The largest absolute Gasteiger partial charge is 0.756 e. The van der Waals surface area contributed by atoms with Gasteiger partial charge in [0.25, 0.3) is 7.82 Å². The standard InChI is InChI=1S/C74H128NO8P/c1-6-8-10-12-14-16-18-20-22-24-26-27-28-29-30-31-32-33-34-35-36-37-38-39-40-41-42-43-44-45-46-47-49-50-52-54-56-58-60-62-64-66-73(76)80-70-72(71-82-84(78,79)81-69-68-75(3,4)5)83-74(77)67-65-63-61-59-57-55-53-51-48-25-23-21-19-17-15-13-11-9-7-2/h8-11,14-17,20-23,26-27,48,51,55,57,61,63,72H,6-7,12-13,18-19,24-25,28-47,49-50,52-54,56,58-60,62,64-71H2,1-5H3/b10-8-,11-9-,16-14-,17-15-,22-20-,23-21-,27-26-,51-48-,57-55-,63-61-. The van der Waals surface area contributed by atoms with Crippen molar-refractivity contribution in [2.75, 3.05) is 47.5 Å². The fourth-order valence-corrected chi connectivity index (χ4v) is 10.1. The number of quaternary nitrogens is 1. The van der Waals surface area contributed by atoms with Gasteiger partial charge in [-0.2, -0.15) is 0 Å². The number of unbranched alkanes of at least 4 members (excludes halogenated alkanes) is 28. The van der Waals surface area contributed by atoms with Crippen molar-refractivity contribution in [3.63, 3.8) is 0 Å². The third kappa shape index (κ3) is 67.5. The molecule has 0 aromatic rings. The SMILES string of the molecule is CC/C=C\C/C=C\C/C=C\C/C=C\C/C=C\C/C=C\CCC(=O)OC(COC(=O)CCCCCCCCCCCCCCCCCCCCCCCCCCCCCC/C=C\C/C=C\C/C=C\C/C=C\CC)COP(=O)([O-])OCC[N+](C)(C)C. The quantitative estimate of drug-likeness (QED) is 0.0195. The highest BCUT2D eigenvalue weighted by molar-refractivity contribution is 7.45. The van der Waals surface area contributed by atoms with E-state index in [1.165, 1.54) is 167 Å². The number of carbonyl (C=O) groups is 2. The number of esters is 2. The van der Waals surface area contributed by atoms with Crippen LogP contribution in [-0.4, -0.2) is 70.0 Å². The van der Waals surface area contributed by atoms with Gasteiger partial charge < -0.3 is 27.9 Å². The minimum absolute atomic E-state index is 0.0482. The van der Waals surface area contributed by atoms with Gasteiger partial charge in [0, 0.05) is 12.8 Å². The van der Waals surface area contributed by atoms with E-state index in [-0.39, 0.29) is 26.1 Å². The van der Waals surface area contributed by atoms with Crippen LogP contribution in [0.2, 0.25) is 0 Å². The molecule has 0 aromatic heterocycles. The molecule has 0 bridgehead atoms. The van der Waals surface area contributed by atoms with Gasteiger partial charge in [0.15, 0.2) is 6.10 Å². The third-order valence-electron chi connectivity index (χ3n) is 14.5. The maximum absolute atomic E-state index is 12.8. The highest BCUT2D eigenvalue weighted by Crippen LogP contribution is 2.38. The molecule has 0 radical (unpaired) electrons. The molecule has 0 amide bonds. The van der Waals surface area contributed by atoms with Gasteiger partial charge in [-0.3, -0.25) is 14.2 Å². The summed E-state index contributed by atoms with van der Waals surface area (Å²) in [7, 11) is 1.12. The van der Waals surface area contributed by atoms with Crippen LogP contribution in [0.25, 0.3) is 0 Å². The van der Waals surface area contributed by atoms with Crippen LogP contribution in [0.1, 0.15) is 284 Å². The van der Waals surface area contributed by atoms with Crippen LogP contribution < -0.4 is 4.89 Å². The summed E-state index contributed by atoms with van der Waals surface area (Å²) in [6, 6.07) is 0. The number of hydrogen-bond donors (Lipinski definition) is 0. The monoisotopic (exact) mass is 1190 g/mol. The van der Waals surface area contributed by atoms with Crippen molar-refractivity contribution in [1.29, 1.82) is 0 Å². The normalized spacial score (nSPS) is 13.9. The van der Waals surface area contributed by atoms with E-state index in [1.807, 2.05) is 33.3 Å². The van der Waals surface area contributed by atoms with E-state index in [0.717, 1.165) is 83.5 Å². The Kier molecular flexibility index (Phi) is 61.2. The maximum Gasteiger partial charge on any atom is 0.306 e. The van der Waals surface area contributed by atoms with Crippen molar-refractivity contribution in [2.45, 2.75) is 290 Å². The number of nitrogens with zero attached hydrogens (tertiary/aromatic N) is 1. The molecular formula is C74H128NO8P. The predicted molar refractivity (Wildman–Crippen MR) is 360 cm³/mol. The molecule has 2 atom stereocenters. The van der Waals surface area contributed by atoms with Gasteiger partial charge in [0.05, 0.1) is 27.7 Å². The van der Waals surface area contributed by atoms with E-state index in [0.29, 0.717) is 17.4 Å². The Morgan fingerprint density at radius 3 is 1.00 bits per heavy atom. The van der Waals surface area contributed by atoms with Gasteiger partial charge in [-0.1, -0.05) is 302 Å². The zero-order valence-electron chi connectivity index (χ0n) is 54.8. The van der Waals surface area contributed by atoms with Crippen LogP contribution in [-0.2, 0) is 32.7 Å². The van der Waals surface area contributed by atoms with Crippen LogP contribution in [0.5, 0.6) is 0 Å². The summed E-state index contributed by atoms with van der Waals surface area (Å²) in [5.41, 5.74) is 0. The maximum atomic E-state index is 12.8. The Labute approximate surface area is 518 Å². The van der Waals surface area contributed by atoms with Gasteiger partial charge >= 0.3 is 11.9 Å². The molecule has 482 valence electrons. The second kappa shape index (κ2) is 63.9. The molecule has 0 aliphatic heterocycles. The Balaban J connectivity index is 3.95. The molecule has 0 saturated heterocycles. The molecule has 0 saturated carbocycles. The average molecular weight is 1190 g/mol. The first kappa shape index (κ1) is 80.4. The second-order valence-electron chi connectivity index (χ2n) is 23.8. The second-order valence-corrected chi connectivity index (χ2v) is 25.2. The fraction of sp³-hybridized carbons (Fsp3) is 0.703. The van der Waals surface area contributed by atoms with Crippen molar-refractivity contribution in [3.8, 4) is 0 Å². The van der Waals surface area contributed by atoms with Crippen molar-refractivity contribution in [3.05, 3.63) is 122 Å². The number of allylic oxidation sites excluding steroid dienone is 20. The van der Waals surface area contributed by atoms with Crippen molar-refractivity contribution in [2.24, 2.45) is 0 Å². The van der Waals surface area contributed by atoms with E-state index >= 15 is 0 Å². The van der Waals surface area contributed by atoms with Crippen molar-refractivity contribution >= 4 is 19.8 Å².